The van der Waals surface area contributed by atoms with E-state index in [4.69, 9.17) is 4.74 Å². The summed E-state index contributed by atoms with van der Waals surface area (Å²) in [6, 6.07) is 16.2. The van der Waals surface area contributed by atoms with Crippen molar-refractivity contribution in [3.05, 3.63) is 84.4 Å². The number of amides is 3. The number of carbonyl (C=O) groups is 2. The van der Waals surface area contributed by atoms with Gasteiger partial charge in [0.25, 0.3) is 5.91 Å². The summed E-state index contributed by atoms with van der Waals surface area (Å²) in [5, 5.41) is 9.02. The molecule has 2 aromatic carbocycles. The summed E-state index contributed by atoms with van der Waals surface area (Å²) in [6.07, 6.45) is 6.68. The van der Waals surface area contributed by atoms with E-state index in [0.29, 0.717) is 41.2 Å². The predicted molar refractivity (Wildman–Crippen MR) is 152 cm³/mol. The third-order valence-electron chi connectivity index (χ3n) is 6.01. The normalized spacial score (nSPS) is 12.6. The van der Waals surface area contributed by atoms with Gasteiger partial charge in [-0.1, -0.05) is 30.0 Å². The third kappa shape index (κ3) is 6.64. The lowest BCUT2D eigenvalue weighted by atomic mass is 10.2. The van der Waals surface area contributed by atoms with Gasteiger partial charge in [-0.15, -0.1) is 0 Å². The van der Waals surface area contributed by atoms with Crippen molar-refractivity contribution in [1.29, 1.82) is 0 Å². The molecule has 4 aromatic rings. The number of ether oxygens (including phenoxy) is 1. The molecule has 1 fully saturated rings. The minimum atomic E-state index is -0.640. The standard InChI is InChI=1S/C28H26FN7O3S/c1-40-27-31-17-21(26(37)33-18-7-3-2-4-8-18)25(35-27)32-19-9-10-23(22(29)15-19)39-20-11-12-30-24(16-20)34-28(38)36-13-5-6-14-36/h2-4,7-12,15-17H,5-6,13-14H2,1H3,(H,33,37)(H,30,34,38)(H,31,32,35). The average Bonchev–Trinajstić information content (AvgIpc) is 3.51. The summed E-state index contributed by atoms with van der Waals surface area (Å²) < 4.78 is 20.8. The topological polar surface area (TPSA) is 121 Å². The van der Waals surface area contributed by atoms with Crippen LogP contribution in [0.5, 0.6) is 11.5 Å². The van der Waals surface area contributed by atoms with Gasteiger partial charge in [0.05, 0.1) is 0 Å². The third-order valence-corrected chi connectivity index (χ3v) is 6.57. The molecule has 3 amide bonds. The first kappa shape index (κ1) is 26.9. The number of anilines is 4. The highest BCUT2D eigenvalue weighted by Gasteiger charge is 2.19. The Hall–Kier alpha value is -4.71. The Labute approximate surface area is 234 Å². The first-order valence-corrected chi connectivity index (χ1v) is 13.7. The molecule has 0 radical (unpaired) electrons. The van der Waals surface area contributed by atoms with Crippen molar-refractivity contribution in [3.63, 3.8) is 0 Å². The summed E-state index contributed by atoms with van der Waals surface area (Å²) in [7, 11) is 0. The molecule has 40 heavy (non-hydrogen) atoms. The Bertz CT molecular complexity index is 1520. The van der Waals surface area contributed by atoms with Crippen molar-refractivity contribution >= 4 is 46.7 Å². The minimum absolute atomic E-state index is 0.0249. The Kier molecular flexibility index (Phi) is 8.35. The van der Waals surface area contributed by atoms with E-state index in [9.17, 15) is 9.59 Å². The van der Waals surface area contributed by atoms with Gasteiger partial charge in [-0.3, -0.25) is 10.1 Å². The van der Waals surface area contributed by atoms with Crippen LogP contribution in [0, 0.1) is 5.82 Å². The zero-order valence-corrected chi connectivity index (χ0v) is 22.4. The lowest BCUT2D eigenvalue weighted by molar-refractivity contribution is 0.102. The molecule has 5 rings (SSSR count). The number of likely N-dealkylation sites (tertiary alicyclic amines) is 1. The number of pyridine rings is 1. The maximum absolute atomic E-state index is 15.1. The van der Waals surface area contributed by atoms with Gasteiger partial charge in [0, 0.05) is 49.0 Å². The highest BCUT2D eigenvalue weighted by Crippen LogP contribution is 2.30. The molecule has 204 valence electrons. The van der Waals surface area contributed by atoms with E-state index in [1.807, 2.05) is 24.5 Å². The summed E-state index contributed by atoms with van der Waals surface area (Å²) in [4.78, 5) is 39.8. The molecule has 3 N–H and O–H groups in total. The van der Waals surface area contributed by atoms with Gasteiger partial charge in [0.2, 0.25) is 0 Å². The van der Waals surface area contributed by atoms with Crippen LogP contribution in [0.1, 0.15) is 23.2 Å². The van der Waals surface area contributed by atoms with Crippen LogP contribution in [-0.4, -0.2) is 51.1 Å². The van der Waals surface area contributed by atoms with Crippen LogP contribution < -0.4 is 20.7 Å². The number of urea groups is 1. The van der Waals surface area contributed by atoms with Gasteiger partial charge >= 0.3 is 6.03 Å². The fourth-order valence-electron chi connectivity index (χ4n) is 4.02. The summed E-state index contributed by atoms with van der Waals surface area (Å²) in [5.41, 5.74) is 1.18. The summed E-state index contributed by atoms with van der Waals surface area (Å²) in [6.45, 7) is 1.42. The Morgan fingerprint density at radius 1 is 0.975 bits per heavy atom. The number of para-hydroxylation sites is 1. The first-order chi connectivity index (χ1) is 19.5. The number of aromatic nitrogens is 3. The van der Waals surface area contributed by atoms with Crippen molar-refractivity contribution in [2.75, 3.05) is 35.3 Å². The lowest BCUT2D eigenvalue weighted by Crippen LogP contribution is -2.32. The molecule has 1 aliphatic heterocycles. The van der Waals surface area contributed by atoms with Crippen molar-refractivity contribution in [2.45, 2.75) is 18.0 Å². The van der Waals surface area contributed by atoms with Crippen molar-refractivity contribution in [2.24, 2.45) is 0 Å². The second-order valence-electron chi connectivity index (χ2n) is 8.81. The van der Waals surface area contributed by atoms with Crippen molar-refractivity contribution < 1.29 is 18.7 Å². The maximum atomic E-state index is 15.1. The smallest absolute Gasteiger partial charge is 0.323 e. The van der Waals surface area contributed by atoms with Crippen molar-refractivity contribution in [1.82, 2.24) is 19.9 Å². The van der Waals surface area contributed by atoms with Crippen LogP contribution >= 0.6 is 11.8 Å². The molecule has 0 spiro atoms. The fraction of sp³-hybridized carbons (Fsp3) is 0.179. The van der Waals surface area contributed by atoms with Gasteiger partial charge in [-0.25, -0.2) is 24.1 Å². The van der Waals surface area contributed by atoms with E-state index in [1.54, 1.807) is 29.2 Å². The number of nitrogens with zero attached hydrogens (tertiary/aromatic N) is 4. The predicted octanol–water partition coefficient (Wildman–Crippen LogP) is 6.15. The number of hydrogen-bond acceptors (Lipinski definition) is 8. The van der Waals surface area contributed by atoms with Crippen molar-refractivity contribution in [3.8, 4) is 11.5 Å². The molecule has 0 saturated carbocycles. The number of benzene rings is 2. The molecule has 0 unspecified atom stereocenters. The lowest BCUT2D eigenvalue weighted by Gasteiger charge is -2.16. The summed E-state index contributed by atoms with van der Waals surface area (Å²) in [5.74, 6) is -0.225. The van der Waals surface area contributed by atoms with Crippen LogP contribution in [0.25, 0.3) is 0 Å². The highest BCUT2D eigenvalue weighted by atomic mass is 32.2. The van der Waals surface area contributed by atoms with Gasteiger partial charge in [0.1, 0.15) is 22.9 Å². The Morgan fingerprint density at radius 3 is 2.52 bits per heavy atom. The van der Waals surface area contributed by atoms with E-state index >= 15 is 4.39 Å². The van der Waals surface area contributed by atoms with E-state index in [-0.39, 0.29) is 23.2 Å². The molecule has 0 bridgehead atoms. The van der Waals surface area contributed by atoms with E-state index in [1.165, 1.54) is 42.4 Å². The highest BCUT2D eigenvalue weighted by molar-refractivity contribution is 7.98. The fourth-order valence-corrected chi connectivity index (χ4v) is 4.36. The van der Waals surface area contributed by atoms with Crippen LogP contribution in [0.4, 0.5) is 32.2 Å². The van der Waals surface area contributed by atoms with E-state index < -0.39 is 11.7 Å². The number of hydrogen-bond donors (Lipinski definition) is 3. The number of halogens is 1. The van der Waals surface area contributed by atoms with Gasteiger partial charge in [-0.2, -0.15) is 0 Å². The average molecular weight is 560 g/mol. The van der Waals surface area contributed by atoms with Gasteiger partial charge in [-0.05, 0) is 49.4 Å². The van der Waals surface area contributed by atoms with Gasteiger partial charge in [0.15, 0.2) is 16.7 Å². The molecule has 10 nitrogen and oxygen atoms in total. The number of carbonyl (C=O) groups excluding carboxylic acids is 2. The monoisotopic (exact) mass is 559 g/mol. The molecular formula is C28H26FN7O3S. The zero-order valence-electron chi connectivity index (χ0n) is 21.6. The largest absolute Gasteiger partial charge is 0.454 e. The first-order valence-electron chi connectivity index (χ1n) is 12.5. The molecule has 1 saturated heterocycles. The number of thioether (sulfide) groups is 1. The molecule has 1 aliphatic rings. The quantitative estimate of drug-likeness (QED) is 0.174. The van der Waals surface area contributed by atoms with Crippen LogP contribution in [0.2, 0.25) is 0 Å². The van der Waals surface area contributed by atoms with E-state index in [2.05, 4.69) is 30.9 Å². The SMILES string of the molecule is CSc1ncc(C(=O)Nc2ccccc2)c(Nc2ccc(Oc3ccnc(NC(=O)N4CCCC4)c3)c(F)c2)n1. The maximum Gasteiger partial charge on any atom is 0.323 e. The number of rotatable bonds is 8. The van der Waals surface area contributed by atoms with E-state index in [0.717, 1.165) is 12.8 Å². The second-order valence-corrected chi connectivity index (χ2v) is 9.59. The summed E-state index contributed by atoms with van der Waals surface area (Å²) >= 11 is 1.31. The van der Waals surface area contributed by atoms with Crippen LogP contribution in [-0.2, 0) is 0 Å². The molecule has 0 atom stereocenters. The molecular weight excluding hydrogens is 533 g/mol. The minimum Gasteiger partial charge on any atom is -0.454 e. The second kappa shape index (κ2) is 12.4. The molecule has 3 heterocycles. The van der Waals surface area contributed by atoms with Crippen LogP contribution in [0.15, 0.2) is 78.2 Å². The molecule has 12 heteroatoms. The number of nitrogens with one attached hydrogen (secondary N) is 3. The zero-order chi connectivity index (χ0) is 27.9. The van der Waals surface area contributed by atoms with Crippen LogP contribution in [0.3, 0.4) is 0 Å². The molecule has 2 aromatic heterocycles. The Balaban J connectivity index is 1.30. The molecule has 0 aliphatic carbocycles. The van der Waals surface area contributed by atoms with Gasteiger partial charge < -0.3 is 20.3 Å². The Morgan fingerprint density at radius 2 is 1.77 bits per heavy atom.